The standard InChI is InChI=1S/C16H13NO2S/c1-19-16(18)12-7-3-5-9-14(12)20-15-10-11-6-2-4-8-13(11)17-15/h2-10,17H,1H3. The topological polar surface area (TPSA) is 42.1 Å². The van der Waals surface area contributed by atoms with Crippen LogP contribution in [0.5, 0.6) is 0 Å². The maximum atomic E-state index is 11.8. The number of aromatic amines is 1. The molecule has 0 unspecified atom stereocenters. The molecule has 3 nitrogen and oxygen atoms in total. The van der Waals surface area contributed by atoms with Crippen molar-refractivity contribution in [1.29, 1.82) is 0 Å². The van der Waals surface area contributed by atoms with Gasteiger partial charge in [-0.3, -0.25) is 0 Å². The van der Waals surface area contributed by atoms with Crippen LogP contribution in [0.2, 0.25) is 0 Å². The first-order valence-electron chi connectivity index (χ1n) is 6.21. The van der Waals surface area contributed by atoms with Gasteiger partial charge in [0, 0.05) is 15.8 Å². The van der Waals surface area contributed by atoms with Gasteiger partial charge in [0.1, 0.15) is 0 Å². The summed E-state index contributed by atoms with van der Waals surface area (Å²) in [6.45, 7) is 0. The van der Waals surface area contributed by atoms with Crippen LogP contribution < -0.4 is 0 Å². The molecule has 2 aromatic carbocycles. The first-order chi connectivity index (χ1) is 9.78. The van der Waals surface area contributed by atoms with Crippen LogP contribution in [-0.2, 0) is 4.74 Å². The summed E-state index contributed by atoms with van der Waals surface area (Å²) >= 11 is 1.53. The molecule has 1 aromatic heterocycles. The molecule has 0 fully saturated rings. The Morgan fingerprint density at radius 2 is 1.85 bits per heavy atom. The largest absolute Gasteiger partial charge is 0.465 e. The van der Waals surface area contributed by atoms with Gasteiger partial charge < -0.3 is 9.72 Å². The Balaban J connectivity index is 1.96. The zero-order valence-corrected chi connectivity index (χ0v) is 11.7. The molecule has 0 aliphatic carbocycles. The predicted octanol–water partition coefficient (Wildman–Crippen LogP) is 4.11. The van der Waals surface area contributed by atoms with Crippen molar-refractivity contribution in [2.45, 2.75) is 9.92 Å². The van der Waals surface area contributed by atoms with Crippen LogP contribution in [0, 0.1) is 0 Å². The molecule has 3 rings (SSSR count). The zero-order chi connectivity index (χ0) is 13.9. The molecule has 3 aromatic rings. The van der Waals surface area contributed by atoms with Gasteiger partial charge in [0.25, 0.3) is 0 Å². The van der Waals surface area contributed by atoms with Gasteiger partial charge in [0.15, 0.2) is 0 Å². The van der Waals surface area contributed by atoms with E-state index >= 15 is 0 Å². The Morgan fingerprint density at radius 1 is 1.10 bits per heavy atom. The number of ether oxygens (including phenoxy) is 1. The average molecular weight is 283 g/mol. The van der Waals surface area contributed by atoms with E-state index in [9.17, 15) is 4.79 Å². The number of carbonyl (C=O) groups is 1. The summed E-state index contributed by atoms with van der Waals surface area (Å²) in [5.41, 5.74) is 1.67. The highest BCUT2D eigenvalue weighted by atomic mass is 32.2. The molecule has 0 radical (unpaired) electrons. The van der Waals surface area contributed by atoms with Crippen LogP contribution in [0.3, 0.4) is 0 Å². The van der Waals surface area contributed by atoms with Gasteiger partial charge in [0.2, 0.25) is 0 Å². The Hall–Kier alpha value is -2.20. The number of para-hydroxylation sites is 1. The number of nitrogens with one attached hydrogen (secondary N) is 1. The second kappa shape index (κ2) is 5.43. The minimum Gasteiger partial charge on any atom is -0.465 e. The SMILES string of the molecule is COC(=O)c1ccccc1Sc1cc2ccccc2[nH]1. The van der Waals surface area contributed by atoms with Gasteiger partial charge in [0.05, 0.1) is 17.7 Å². The Labute approximate surface area is 121 Å². The summed E-state index contributed by atoms with van der Waals surface area (Å²) in [4.78, 5) is 16.0. The van der Waals surface area contributed by atoms with Crippen LogP contribution >= 0.6 is 11.8 Å². The minimum atomic E-state index is -0.316. The predicted molar refractivity (Wildman–Crippen MR) is 80.2 cm³/mol. The summed E-state index contributed by atoms with van der Waals surface area (Å²) in [5, 5.41) is 2.16. The molecule has 0 aliphatic rings. The number of esters is 1. The Kier molecular flexibility index (Phi) is 3.48. The van der Waals surface area contributed by atoms with Gasteiger partial charge in [-0.15, -0.1) is 0 Å². The molecule has 0 atom stereocenters. The smallest absolute Gasteiger partial charge is 0.339 e. The first kappa shape index (κ1) is 12.8. The number of carbonyl (C=O) groups excluding carboxylic acids is 1. The second-order valence-corrected chi connectivity index (χ2v) is 5.39. The second-order valence-electron chi connectivity index (χ2n) is 4.31. The molecular formula is C16H13NO2S. The van der Waals surface area contributed by atoms with Crippen molar-refractivity contribution in [3.63, 3.8) is 0 Å². The number of fused-ring (bicyclic) bond motifs is 1. The lowest BCUT2D eigenvalue weighted by Gasteiger charge is -2.05. The molecule has 0 saturated carbocycles. The van der Waals surface area contributed by atoms with Gasteiger partial charge in [-0.1, -0.05) is 42.1 Å². The molecule has 0 aliphatic heterocycles. The number of benzene rings is 2. The summed E-state index contributed by atoms with van der Waals surface area (Å²) in [6.07, 6.45) is 0. The van der Waals surface area contributed by atoms with Crippen LogP contribution in [0.25, 0.3) is 10.9 Å². The van der Waals surface area contributed by atoms with E-state index in [1.54, 1.807) is 6.07 Å². The molecule has 0 bridgehead atoms. The van der Waals surface area contributed by atoms with E-state index in [0.29, 0.717) is 5.56 Å². The van der Waals surface area contributed by atoms with Crippen LogP contribution in [0.15, 0.2) is 64.5 Å². The normalized spacial score (nSPS) is 10.7. The zero-order valence-electron chi connectivity index (χ0n) is 10.9. The Bertz CT molecular complexity index is 731. The van der Waals surface area contributed by atoms with E-state index in [4.69, 9.17) is 4.74 Å². The molecule has 0 saturated heterocycles. The van der Waals surface area contributed by atoms with E-state index in [0.717, 1.165) is 20.8 Å². The molecule has 1 heterocycles. The lowest BCUT2D eigenvalue weighted by Crippen LogP contribution is -2.02. The lowest BCUT2D eigenvalue weighted by atomic mass is 10.2. The van der Waals surface area contributed by atoms with E-state index in [1.165, 1.54) is 18.9 Å². The van der Waals surface area contributed by atoms with Crippen molar-refractivity contribution < 1.29 is 9.53 Å². The van der Waals surface area contributed by atoms with Gasteiger partial charge in [-0.05, 0) is 24.3 Å². The third-order valence-corrected chi connectivity index (χ3v) is 4.03. The molecule has 0 spiro atoms. The highest BCUT2D eigenvalue weighted by Crippen LogP contribution is 2.32. The van der Waals surface area contributed by atoms with Crippen molar-refractivity contribution in [2.75, 3.05) is 7.11 Å². The van der Waals surface area contributed by atoms with Crippen molar-refractivity contribution in [2.24, 2.45) is 0 Å². The van der Waals surface area contributed by atoms with E-state index < -0.39 is 0 Å². The molecule has 20 heavy (non-hydrogen) atoms. The van der Waals surface area contributed by atoms with Crippen molar-refractivity contribution in [3.8, 4) is 0 Å². The van der Waals surface area contributed by atoms with Gasteiger partial charge in [-0.25, -0.2) is 4.79 Å². The van der Waals surface area contributed by atoms with Crippen LogP contribution in [0.4, 0.5) is 0 Å². The van der Waals surface area contributed by atoms with Gasteiger partial charge in [-0.2, -0.15) is 0 Å². The van der Waals surface area contributed by atoms with Gasteiger partial charge >= 0.3 is 5.97 Å². The minimum absolute atomic E-state index is 0.316. The maximum absolute atomic E-state index is 11.8. The van der Waals surface area contributed by atoms with E-state index in [1.807, 2.05) is 36.4 Å². The number of H-pyrrole nitrogens is 1. The highest BCUT2D eigenvalue weighted by Gasteiger charge is 2.12. The van der Waals surface area contributed by atoms with E-state index in [-0.39, 0.29) is 5.97 Å². The fourth-order valence-corrected chi connectivity index (χ4v) is 3.05. The highest BCUT2D eigenvalue weighted by molar-refractivity contribution is 7.99. The summed E-state index contributed by atoms with van der Waals surface area (Å²) in [6, 6.07) is 17.6. The third kappa shape index (κ3) is 2.42. The van der Waals surface area contributed by atoms with E-state index in [2.05, 4.69) is 17.1 Å². The first-order valence-corrected chi connectivity index (χ1v) is 7.02. The molecule has 1 N–H and O–H groups in total. The lowest BCUT2D eigenvalue weighted by molar-refractivity contribution is 0.0597. The van der Waals surface area contributed by atoms with Crippen molar-refractivity contribution in [3.05, 3.63) is 60.2 Å². The fraction of sp³-hybridized carbons (Fsp3) is 0.0625. The van der Waals surface area contributed by atoms with Crippen molar-refractivity contribution >= 4 is 28.6 Å². The monoisotopic (exact) mass is 283 g/mol. The third-order valence-electron chi connectivity index (χ3n) is 3.02. The summed E-state index contributed by atoms with van der Waals surface area (Å²) in [5.74, 6) is -0.316. The number of hydrogen-bond donors (Lipinski definition) is 1. The summed E-state index contributed by atoms with van der Waals surface area (Å²) < 4.78 is 4.81. The van der Waals surface area contributed by atoms with Crippen LogP contribution in [-0.4, -0.2) is 18.1 Å². The fourth-order valence-electron chi connectivity index (χ4n) is 2.05. The number of rotatable bonds is 3. The van der Waals surface area contributed by atoms with Crippen LogP contribution in [0.1, 0.15) is 10.4 Å². The molecular weight excluding hydrogens is 270 g/mol. The maximum Gasteiger partial charge on any atom is 0.339 e. The summed E-state index contributed by atoms with van der Waals surface area (Å²) in [7, 11) is 1.40. The molecule has 100 valence electrons. The molecule has 4 heteroatoms. The number of aromatic nitrogens is 1. The Morgan fingerprint density at radius 3 is 2.65 bits per heavy atom. The quantitative estimate of drug-likeness (QED) is 0.736. The number of methoxy groups -OCH3 is 1. The number of hydrogen-bond acceptors (Lipinski definition) is 3. The van der Waals surface area contributed by atoms with Crippen molar-refractivity contribution in [1.82, 2.24) is 4.98 Å². The molecule has 0 amide bonds. The average Bonchev–Trinajstić information content (AvgIpc) is 2.89.